The van der Waals surface area contributed by atoms with Crippen molar-refractivity contribution in [1.82, 2.24) is 10.3 Å². The predicted molar refractivity (Wildman–Crippen MR) is 101 cm³/mol. The van der Waals surface area contributed by atoms with Gasteiger partial charge < -0.3 is 15.8 Å². The predicted octanol–water partition coefficient (Wildman–Crippen LogP) is 3.93. The van der Waals surface area contributed by atoms with Gasteiger partial charge in [-0.25, -0.2) is 0 Å². The molecule has 0 aliphatic carbocycles. The molecule has 2 aromatic rings. The summed E-state index contributed by atoms with van der Waals surface area (Å²) in [5.41, 5.74) is 8.60. The zero-order valence-corrected chi connectivity index (χ0v) is 15.7. The second-order valence-electron chi connectivity index (χ2n) is 5.64. The molecule has 0 spiro atoms. The van der Waals surface area contributed by atoms with Gasteiger partial charge in [0.2, 0.25) is 5.91 Å². The lowest BCUT2D eigenvalue weighted by atomic mass is 10.0. The molecule has 0 atom stereocenters. The van der Waals surface area contributed by atoms with Gasteiger partial charge in [0.15, 0.2) is 0 Å². The van der Waals surface area contributed by atoms with Crippen LogP contribution in [0.1, 0.15) is 19.4 Å². The number of methoxy groups -OCH3 is 1. The van der Waals surface area contributed by atoms with E-state index in [0.717, 1.165) is 16.7 Å². The molecule has 1 aromatic heterocycles. The van der Waals surface area contributed by atoms with E-state index in [1.54, 1.807) is 31.6 Å². The van der Waals surface area contributed by atoms with Gasteiger partial charge in [0.1, 0.15) is 11.6 Å². The number of carbonyl (C=O) groups is 1. The van der Waals surface area contributed by atoms with Crippen molar-refractivity contribution < 1.29 is 9.53 Å². The standard InChI is InChI=1S/C18H19Cl2N3O2/c1-10(2)18(21)23-16(24)7-14-15(19)5-4-13(17(14)20)11-6-12(25-3)9-22-8-11/h4-6,8-9H,7,21H2,1-3H3,(H,23,24). The van der Waals surface area contributed by atoms with Gasteiger partial charge in [-0.3, -0.25) is 9.78 Å². The van der Waals surface area contributed by atoms with E-state index in [0.29, 0.717) is 27.2 Å². The van der Waals surface area contributed by atoms with Crippen LogP contribution in [-0.2, 0) is 11.2 Å². The Morgan fingerprint density at radius 3 is 2.64 bits per heavy atom. The lowest BCUT2D eigenvalue weighted by Crippen LogP contribution is -2.29. The number of amides is 1. The van der Waals surface area contributed by atoms with Gasteiger partial charge in [0, 0.05) is 22.3 Å². The monoisotopic (exact) mass is 379 g/mol. The highest BCUT2D eigenvalue weighted by Gasteiger charge is 2.16. The maximum atomic E-state index is 12.2. The van der Waals surface area contributed by atoms with Crippen LogP contribution in [0.2, 0.25) is 10.0 Å². The molecule has 0 fully saturated rings. The minimum absolute atomic E-state index is 0.0108. The topological polar surface area (TPSA) is 77.2 Å². The van der Waals surface area contributed by atoms with Crippen molar-refractivity contribution >= 4 is 29.1 Å². The van der Waals surface area contributed by atoms with Crippen LogP contribution >= 0.6 is 23.2 Å². The number of ether oxygens (including phenoxy) is 1. The minimum Gasteiger partial charge on any atom is -0.495 e. The van der Waals surface area contributed by atoms with Crippen LogP contribution in [0.4, 0.5) is 0 Å². The van der Waals surface area contributed by atoms with E-state index in [-0.39, 0.29) is 12.3 Å². The van der Waals surface area contributed by atoms with Crippen molar-refractivity contribution in [2.75, 3.05) is 7.11 Å². The highest BCUT2D eigenvalue weighted by molar-refractivity contribution is 6.38. The van der Waals surface area contributed by atoms with E-state index < -0.39 is 0 Å². The van der Waals surface area contributed by atoms with Crippen molar-refractivity contribution in [3.8, 4) is 16.9 Å². The normalized spacial score (nSPS) is 10.3. The SMILES string of the molecule is COc1cncc(-c2ccc(Cl)c(CC(=O)NC(N)=C(C)C)c2Cl)c1. The number of nitrogens with zero attached hydrogens (tertiary/aromatic N) is 1. The smallest absolute Gasteiger partial charge is 0.229 e. The second-order valence-corrected chi connectivity index (χ2v) is 6.42. The van der Waals surface area contributed by atoms with Crippen LogP contribution in [0.15, 0.2) is 42.0 Å². The lowest BCUT2D eigenvalue weighted by molar-refractivity contribution is -0.119. The summed E-state index contributed by atoms with van der Waals surface area (Å²) in [6.45, 7) is 3.62. The molecule has 5 nitrogen and oxygen atoms in total. The molecule has 0 radical (unpaired) electrons. The molecule has 0 saturated carbocycles. The van der Waals surface area contributed by atoms with Gasteiger partial charge in [-0.2, -0.15) is 0 Å². The average molecular weight is 380 g/mol. The van der Waals surface area contributed by atoms with Gasteiger partial charge in [-0.15, -0.1) is 0 Å². The first-order chi connectivity index (χ1) is 11.8. The molecule has 0 saturated heterocycles. The summed E-state index contributed by atoms with van der Waals surface area (Å²) in [4.78, 5) is 16.3. The molecule has 7 heteroatoms. The summed E-state index contributed by atoms with van der Waals surface area (Å²) >= 11 is 12.8. The first kappa shape index (κ1) is 19.1. The zero-order chi connectivity index (χ0) is 18.6. The number of benzene rings is 1. The van der Waals surface area contributed by atoms with Crippen LogP contribution in [-0.4, -0.2) is 18.0 Å². The minimum atomic E-state index is -0.289. The molecule has 1 aromatic carbocycles. The Morgan fingerprint density at radius 1 is 1.28 bits per heavy atom. The van der Waals surface area contributed by atoms with Gasteiger partial charge in [0.05, 0.1) is 24.8 Å². The summed E-state index contributed by atoms with van der Waals surface area (Å²) < 4.78 is 5.19. The summed E-state index contributed by atoms with van der Waals surface area (Å²) in [5, 5.41) is 3.44. The lowest BCUT2D eigenvalue weighted by Gasteiger charge is -2.13. The number of hydrogen-bond acceptors (Lipinski definition) is 4. The molecule has 0 aliphatic heterocycles. The molecule has 3 N–H and O–H groups in total. The van der Waals surface area contributed by atoms with E-state index in [1.807, 2.05) is 19.9 Å². The fourth-order valence-electron chi connectivity index (χ4n) is 2.14. The first-order valence-electron chi connectivity index (χ1n) is 7.52. The Morgan fingerprint density at radius 2 is 2.00 bits per heavy atom. The van der Waals surface area contributed by atoms with Crippen LogP contribution in [0.3, 0.4) is 0 Å². The van der Waals surface area contributed by atoms with E-state index in [9.17, 15) is 4.79 Å². The van der Waals surface area contributed by atoms with Gasteiger partial charge >= 0.3 is 0 Å². The Kier molecular flexibility index (Phi) is 6.28. The molecule has 1 heterocycles. The fraction of sp³-hybridized carbons (Fsp3) is 0.222. The van der Waals surface area contributed by atoms with Gasteiger partial charge in [0.25, 0.3) is 0 Å². The Hall–Kier alpha value is -2.24. The molecule has 25 heavy (non-hydrogen) atoms. The van der Waals surface area contributed by atoms with Crippen molar-refractivity contribution in [2.24, 2.45) is 5.73 Å². The van der Waals surface area contributed by atoms with Gasteiger partial charge in [-0.05, 0) is 37.1 Å². The van der Waals surface area contributed by atoms with Crippen molar-refractivity contribution in [3.05, 3.63) is 57.6 Å². The van der Waals surface area contributed by atoms with Crippen molar-refractivity contribution in [2.45, 2.75) is 20.3 Å². The zero-order valence-electron chi connectivity index (χ0n) is 14.2. The van der Waals surface area contributed by atoms with E-state index in [2.05, 4.69) is 10.3 Å². The van der Waals surface area contributed by atoms with Crippen LogP contribution in [0.25, 0.3) is 11.1 Å². The fourth-order valence-corrected chi connectivity index (χ4v) is 2.75. The number of carbonyl (C=O) groups excluding carboxylic acids is 1. The maximum Gasteiger partial charge on any atom is 0.229 e. The van der Waals surface area contributed by atoms with E-state index in [4.69, 9.17) is 33.7 Å². The molecular formula is C18H19Cl2N3O2. The third-order valence-electron chi connectivity index (χ3n) is 3.60. The quantitative estimate of drug-likeness (QED) is 0.824. The van der Waals surface area contributed by atoms with Crippen LogP contribution in [0.5, 0.6) is 5.75 Å². The van der Waals surface area contributed by atoms with Gasteiger partial charge in [-0.1, -0.05) is 29.3 Å². The second kappa shape index (κ2) is 8.23. The molecule has 0 aliphatic rings. The third kappa shape index (κ3) is 4.65. The summed E-state index contributed by atoms with van der Waals surface area (Å²) in [5.74, 6) is 0.646. The molecule has 0 unspecified atom stereocenters. The van der Waals surface area contributed by atoms with Crippen molar-refractivity contribution in [1.29, 1.82) is 0 Å². The number of nitrogens with one attached hydrogen (secondary N) is 1. The Labute approximate surface area is 156 Å². The largest absolute Gasteiger partial charge is 0.495 e. The van der Waals surface area contributed by atoms with Crippen molar-refractivity contribution in [3.63, 3.8) is 0 Å². The van der Waals surface area contributed by atoms with Crippen LogP contribution < -0.4 is 15.8 Å². The Balaban J connectivity index is 2.37. The summed E-state index contributed by atoms with van der Waals surface area (Å²) in [7, 11) is 1.56. The molecule has 132 valence electrons. The number of hydrogen-bond donors (Lipinski definition) is 2. The molecule has 1 amide bonds. The molecule has 0 bridgehead atoms. The maximum absolute atomic E-state index is 12.2. The number of halogens is 2. The number of pyridine rings is 1. The highest BCUT2D eigenvalue weighted by Crippen LogP contribution is 2.35. The summed E-state index contributed by atoms with van der Waals surface area (Å²) in [6.07, 6.45) is 3.28. The number of nitrogens with two attached hydrogens (primary N) is 1. The third-order valence-corrected chi connectivity index (χ3v) is 4.38. The highest BCUT2D eigenvalue weighted by atomic mass is 35.5. The van der Waals surface area contributed by atoms with E-state index in [1.165, 1.54) is 0 Å². The van der Waals surface area contributed by atoms with E-state index >= 15 is 0 Å². The average Bonchev–Trinajstić information content (AvgIpc) is 2.58. The number of rotatable bonds is 5. The number of allylic oxidation sites excluding steroid dienone is 1. The Bertz CT molecular complexity index is 831. The summed E-state index contributed by atoms with van der Waals surface area (Å²) in [6, 6.07) is 5.30. The first-order valence-corrected chi connectivity index (χ1v) is 8.28. The number of aromatic nitrogens is 1. The molecular weight excluding hydrogens is 361 g/mol. The molecule has 2 rings (SSSR count). The van der Waals surface area contributed by atoms with Crippen LogP contribution in [0, 0.1) is 0 Å².